The van der Waals surface area contributed by atoms with E-state index in [1.165, 1.54) is 16.9 Å². The number of aryl methyl sites for hydroxylation is 1. The molecule has 0 spiro atoms. The summed E-state index contributed by atoms with van der Waals surface area (Å²) in [5.41, 5.74) is 2.99. The first-order valence-corrected chi connectivity index (χ1v) is 9.59. The first kappa shape index (κ1) is 16.4. The summed E-state index contributed by atoms with van der Waals surface area (Å²) in [5.74, 6) is 0.241. The van der Waals surface area contributed by atoms with E-state index in [1.807, 2.05) is 18.2 Å². The summed E-state index contributed by atoms with van der Waals surface area (Å²) < 4.78 is 5.65. The van der Waals surface area contributed by atoms with Gasteiger partial charge in [0.2, 0.25) is 0 Å². The van der Waals surface area contributed by atoms with E-state index in [0.29, 0.717) is 10.8 Å². The monoisotopic (exact) mass is 368 g/mol. The molecule has 4 rings (SSSR count). The molecular weight excluding hydrogens is 352 g/mol. The van der Waals surface area contributed by atoms with Gasteiger partial charge in [-0.1, -0.05) is 41.9 Å². The molecule has 0 atom stereocenters. The number of carbonyl (C=O) groups is 1. The number of hydrogen-bond acceptors (Lipinski definition) is 3. The molecule has 0 amide bonds. The molecule has 1 aliphatic rings. The topological polar surface area (TPSA) is 26.3 Å². The van der Waals surface area contributed by atoms with Gasteiger partial charge in [-0.25, -0.2) is 4.79 Å². The highest BCUT2D eigenvalue weighted by Gasteiger charge is 2.27. The highest BCUT2D eigenvalue weighted by atomic mass is 35.5. The van der Waals surface area contributed by atoms with Crippen molar-refractivity contribution in [3.05, 3.63) is 75.6 Å². The van der Waals surface area contributed by atoms with Gasteiger partial charge in [0.25, 0.3) is 0 Å². The molecule has 0 aliphatic heterocycles. The van der Waals surface area contributed by atoms with Crippen LogP contribution < -0.4 is 4.74 Å². The molecule has 2 aromatic carbocycles. The molecule has 4 heteroatoms. The maximum Gasteiger partial charge on any atom is 0.345 e. The van der Waals surface area contributed by atoms with Gasteiger partial charge >= 0.3 is 5.97 Å². The fourth-order valence-electron chi connectivity index (χ4n) is 3.24. The van der Waals surface area contributed by atoms with E-state index < -0.39 is 0 Å². The van der Waals surface area contributed by atoms with Gasteiger partial charge in [0.1, 0.15) is 5.75 Å². The lowest BCUT2D eigenvalue weighted by molar-refractivity contribution is 0.0734. The van der Waals surface area contributed by atoms with E-state index in [2.05, 4.69) is 12.1 Å². The Balaban J connectivity index is 1.75. The first-order chi connectivity index (χ1) is 12.2. The third-order valence-electron chi connectivity index (χ3n) is 4.44. The molecule has 0 unspecified atom stereocenters. The van der Waals surface area contributed by atoms with Gasteiger partial charge in [-0.3, -0.25) is 0 Å². The molecule has 0 fully saturated rings. The van der Waals surface area contributed by atoms with E-state index in [9.17, 15) is 4.79 Å². The number of fused-ring (bicyclic) bond motifs is 1. The molecule has 126 valence electrons. The van der Waals surface area contributed by atoms with E-state index in [-0.39, 0.29) is 5.97 Å². The van der Waals surface area contributed by atoms with E-state index in [4.69, 9.17) is 16.3 Å². The van der Waals surface area contributed by atoms with Crippen molar-refractivity contribution in [3.8, 4) is 16.2 Å². The van der Waals surface area contributed by atoms with Gasteiger partial charge in [0.05, 0.1) is 5.56 Å². The Morgan fingerprint density at radius 2 is 1.68 bits per heavy atom. The van der Waals surface area contributed by atoms with E-state index >= 15 is 0 Å². The average Bonchev–Trinajstić information content (AvgIpc) is 3.04. The summed E-state index contributed by atoms with van der Waals surface area (Å²) in [5, 5.41) is 0.623. The number of thiophene rings is 1. The van der Waals surface area contributed by atoms with Crippen LogP contribution in [0.5, 0.6) is 5.75 Å². The molecule has 0 N–H and O–H groups in total. The lowest BCUT2D eigenvalue weighted by Crippen LogP contribution is -2.13. The van der Waals surface area contributed by atoms with Crippen LogP contribution >= 0.6 is 22.9 Å². The first-order valence-electron chi connectivity index (χ1n) is 8.40. The van der Waals surface area contributed by atoms with E-state index in [1.54, 1.807) is 35.6 Å². The van der Waals surface area contributed by atoms with Crippen LogP contribution in [-0.4, -0.2) is 5.97 Å². The Morgan fingerprint density at radius 1 is 0.960 bits per heavy atom. The molecule has 0 saturated heterocycles. The smallest absolute Gasteiger partial charge is 0.345 e. The van der Waals surface area contributed by atoms with Crippen molar-refractivity contribution in [2.45, 2.75) is 25.7 Å². The minimum absolute atomic E-state index is 0.277. The Kier molecular flexibility index (Phi) is 4.60. The predicted octanol–water partition coefficient (Wildman–Crippen LogP) is 6.17. The number of hydrogen-bond donors (Lipinski definition) is 0. The van der Waals surface area contributed by atoms with Crippen LogP contribution in [0.4, 0.5) is 0 Å². The summed E-state index contributed by atoms with van der Waals surface area (Å²) in [6, 6.07) is 17.0. The van der Waals surface area contributed by atoms with Gasteiger partial charge < -0.3 is 4.74 Å². The summed E-state index contributed by atoms with van der Waals surface area (Å²) in [4.78, 5) is 15.3. The van der Waals surface area contributed by atoms with Crippen LogP contribution in [0.2, 0.25) is 5.02 Å². The van der Waals surface area contributed by atoms with Crippen LogP contribution in [0.3, 0.4) is 0 Å². The van der Waals surface area contributed by atoms with Gasteiger partial charge in [-0.15, -0.1) is 11.3 Å². The fraction of sp³-hybridized carbons (Fsp3) is 0.190. The van der Waals surface area contributed by atoms with Crippen LogP contribution in [0.25, 0.3) is 10.4 Å². The summed E-state index contributed by atoms with van der Waals surface area (Å²) >= 11 is 7.64. The molecular formula is C21H17ClO2S. The summed E-state index contributed by atoms with van der Waals surface area (Å²) in [6.07, 6.45) is 4.31. The zero-order chi connectivity index (χ0) is 17.2. The van der Waals surface area contributed by atoms with Crippen molar-refractivity contribution in [1.29, 1.82) is 0 Å². The largest absolute Gasteiger partial charge is 0.423 e. The van der Waals surface area contributed by atoms with Crippen molar-refractivity contribution in [2.75, 3.05) is 0 Å². The maximum absolute atomic E-state index is 13.0. The number of carbonyl (C=O) groups excluding carboxylic acids is 1. The van der Waals surface area contributed by atoms with Crippen LogP contribution in [0.1, 0.15) is 33.6 Å². The Labute approximate surface area is 156 Å². The molecule has 0 bridgehead atoms. The highest BCUT2D eigenvalue weighted by molar-refractivity contribution is 7.16. The Morgan fingerprint density at radius 3 is 2.44 bits per heavy atom. The molecule has 1 aliphatic carbocycles. The second kappa shape index (κ2) is 7.03. The van der Waals surface area contributed by atoms with Crippen molar-refractivity contribution < 1.29 is 9.53 Å². The van der Waals surface area contributed by atoms with Crippen LogP contribution in [0.15, 0.2) is 54.6 Å². The van der Waals surface area contributed by atoms with Crippen LogP contribution in [0, 0.1) is 0 Å². The lowest BCUT2D eigenvalue weighted by atomic mass is 9.94. The minimum Gasteiger partial charge on any atom is -0.423 e. The third kappa shape index (κ3) is 3.35. The number of esters is 1. The molecule has 25 heavy (non-hydrogen) atoms. The van der Waals surface area contributed by atoms with Gasteiger partial charge in [-0.05, 0) is 61.1 Å². The Hall–Kier alpha value is -2.10. The standard InChI is InChI=1S/C21H17ClO2S/c22-15-10-12-16(13-11-15)24-21(23)19-17-8-4-5-9-18(17)25-20(19)14-6-2-1-3-7-14/h1-3,6-7,10-13H,4-5,8-9H2. The molecule has 2 nitrogen and oxygen atoms in total. The second-order valence-corrected chi connectivity index (χ2v) is 7.67. The van der Waals surface area contributed by atoms with Gasteiger partial charge in [0, 0.05) is 14.8 Å². The molecule has 1 heterocycles. The molecule has 0 saturated carbocycles. The predicted molar refractivity (Wildman–Crippen MR) is 103 cm³/mol. The Bertz CT molecular complexity index is 898. The normalized spacial score (nSPS) is 13.3. The number of rotatable bonds is 3. The molecule has 1 aromatic heterocycles. The zero-order valence-corrected chi connectivity index (χ0v) is 15.2. The summed E-state index contributed by atoms with van der Waals surface area (Å²) in [7, 11) is 0. The fourth-order valence-corrected chi connectivity index (χ4v) is 4.74. The summed E-state index contributed by atoms with van der Waals surface area (Å²) in [6.45, 7) is 0. The quantitative estimate of drug-likeness (QED) is 0.408. The maximum atomic E-state index is 13.0. The van der Waals surface area contributed by atoms with Crippen molar-refractivity contribution in [1.82, 2.24) is 0 Å². The lowest BCUT2D eigenvalue weighted by Gasteiger charge is -2.13. The minimum atomic E-state index is -0.277. The number of halogens is 1. The van der Waals surface area contributed by atoms with Crippen molar-refractivity contribution in [2.24, 2.45) is 0 Å². The number of ether oxygens (including phenoxy) is 1. The average molecular weight is 369 g/mol. The van der Waals surface area contributed by atoms with Crippen LogP contribution in [-0.2, 0) is 12.8 Å². The van der Waals surface area contributed by atoms with Crippen molar-refractivity contribution in [3.63, 3.8) is 0 Å². The number of benzene rings is 2. The molecule has 3 aromatic rings. The third-order valence-corrected chi connectivity index (χ3v) is 6.03. The molecule has 0 radical (unpaired) electrons. The zero-order valence-electron chi connectivity index (χ0n) is 13.6. The second-order valence-electron chi connectivity index (χ2n) is 6.12. The van der Waals surface area contributed by atoms with Gasteiger partial charge in [-0.2, -0.15) is 0 Å². The SMILES string of the molecule is O=C(Oc1ccc(Cl)cc1)c1c(-c2ccccc2)sc2c1CCCC2. The highest BCUT2D eigenvalue weighted by Crippen LogP contribution is 2.40. The van der Waals surface area contributed by atoms with Gasteiger partial charge in [0.15, 0.2) is 0 Å². The van der Waals surface area contributed by atoms with E-state index in [0.717, 1.165) is 35.3 Å². The van der Waals surface area contributed by atoms with Crippen molar-refractivity contribution >= 4 is 28.9 Å².